The molecule has 0 spiro atoms. The smallest absolute Gasteiger partial charge is 0.406 e. The fourth-order valence-electron chi connectivity index (χ4n) is 3.69. The van der Waals surface area contributed by atoms with Gasteiger partial charge in [0, 0.05) is 22.1 Å². The summed E-state index contributed by atoms with van der Waals surface area (Å²) in [5.41, 5.74) is 2.91. The van der Waals surface area contributed by atoms with Gasteiger partial charge in [-0.3, -0.25) is 0 Å². The van der Waals surface area contributed by atoms with Crippen LogP contribution in [0, 0.1) is 6.92 Å². The number of hydrogen-bond donors (Lipinski definition) is 2. The molecular formula is C23H22BrF3N4O. The number of alkyl halides is 3. The van der Waals surface area contributed by atoms with Crippen LogP contribution in [0.2, 0.25) is 0 Å². The molecular weight excluding hydrogens is 485 g/mol. The molecule has 5 nitrogen and oxygen atoms in total. The van der Waals surface area contributed by atoms with Crippen molar-refractivity contribution in [3.05, 3.63) is 58.6 Å². The Bertz CT molecular complexity index is 1100. The SMILES string of the molecule is Cc1ccc(Nc2cc(-c3cccc(OC(F)(F)F)c3)nc(NC3CCCC3)n2)c(Br)c1. The molecule has 0 unspecified atom stereocenters. The Hall–Kier alpha value is -2.81. The van der Waals surface area contributed by atoms with Crippen LogP contribution in [0.5, 0.6) is 5.75 Å². The fraction of sp³-hybridized carbons (Fsp3) is 0.304. The lowest BCUT2D eigenvalue weighted by atomic mass is 10.1. The molecule has 1 aromatic heterocycles. The van der Waals surface area contributed by atoms with Crippen LogP contribution >= 0.6 is 15.9 Å². The van der Waals surface area contributed by atoms with Crippen LogP contribution in [0.25, 0.3) is 11.3 Å². The van der Waals surface area contributed by atoms with E-state index < -0.39 is 6.36 Å². The highest BCUT2D eigenvalue weighted by Crippen LogP contribution is 2.31. The lowest BCUT2D eigenvalue weighted by molar-refractivity contribution is -0.274. The molecule has 9 heteroatoms. The molecule has 4 rings (SSSR count). The summed E-state index contributed by atoms with van der Waals surface area (Å²) in [5, 5.41) is 6.65. The van der Waals surface area contributed by atoms with Crippen LogP contribution in [0.4, 0.5) is 30.6 Å². The van der Waals surface area contributed by atoms with Gasteiger partial charge >= 0.3 is 6.36 Å². The Morgan fingerprint density at radius 1 is 1.03 bits per heavy atom. The van der Waals surface area contributed by atoms with Gasteiger partial charge in [0.2, 0.25) is 5.95 Å². The van der Waals surface area contributed by atoms with E-state index in [9.17, 15) is 13.2 Å². The molecule has 1 heterocycles. The summed E-state index contributed by atoms with van der Waals surface area (Å²) in [7, 11) is 0. The van der Waals surface area contributed by atoms with Crippen LogP contribution < -0.4 is 15.4 Å². The fourth-order valence-corrected chi connectivity index (χ4v) is 4.28. The average Bonchev–Trinajstić information content (AvgIpc) is 3.22. The second-order valence-electron chi connectivity index (χ2n) is 7.77. The van der Waals surface area contributed by atoms with Crippen LogP contribution in [-0.2, 0) is 0 Å². The maximum atomic E-state index is 12.7. The third-order valence-corrected chi connectivity index (χ3v) is 5.82. The van der Waals surface area contributed by atoms with Gasteiger partial charge in [0.1, 0.15) is 11.6 Å². The van der Waals surface area contributed by atoms with Gasteiger partial charge in [0.25, 0.3) is 0 Å². The first-order chi connectivity index (χ1) is 15.2. The lowest BCUT2D eigenvalue weighted by Crippen LogP contribution is -2.17. The highest BCUT2D eigenvalue weighted by atomic mass is 79.9. The molecule has 0 saturated heterocycles. The minimum Gasteiger partial charge on any atom is -0.406 e. The third-order valence-electron chi connectivity index (χ3n) is 5.17. The van der Waals surface area contributed by atoms with Gasteiger partial charge < -0.3 is 15.4 Å². The van der Waals surface area contributed by atoms with Gasteiger partial charge in [0.05, 0.1) is 11.4 Å². The number of halogens is 4. The highest BCUT2D eigenvalue weighted by Gasteiger charge is 2.31. The first-order valence-corrected chi connectivity index (χ1v) is 11.1. The number of aryl methyl sites for hydroxylation is 1. The largest absolute Gasteiger partial charge is 0.573 e. The van der Waals surface area contributed by atoms with Crippen molar-refractivity contribution in [3.63, 3.8) is 0 Å². The Kier molecular flexibility index (Phi) is 6.55. The van der Waals surface area contributed by atoms with E-state index in [0.29, 0.717) is 23.0 Å². The quantitative estimate of drug-likeness (QED) is 0.369. The zero-order chi connectivity index (χ0) is 22.7. The van der Waals surface area contributed by atoms with E-state index in [-0.39, 0.29) is 11.8 Å². The van der Waals surface area contributed by atoms with Gasteiger partial charge in [0.15, 0.2) is 0 Å². The molecule has 1 fully saturated rings. The number of nitrogens with zero attached hydrogens (tertiary/aromatic N) is 2. The second kappa shape index (κ2) is 9.36. The molecule has 1 aliphatic rings. The van der Waals surface area contributed by atoms with Gasteiger partial charge in [-0.2, -0.15) is 4.98 Å². The van der Waals surface area contributed by atoms with E-state index in [2.05, 4.69) is 41.3 Å². The normalized spacial score (nSPS) is 14.4. The van der Waals surface area contributed by atoms with Crippen molar-refractivity contribution in [2.45, 2.75) is 45.0 Å². The predicted octanol–water partition coefficient (Wildman–Crippen LogP) is 7.21. The van der Waals surface area contributed by atoms with Gasteiger partial charge in [-0.15, -0.1) is 13.2 Å². The summed E-state index contributed by atoms with van der Waals surface area (Å²) in [5.74, 6) is 0.666. The van der Waals surface area contributed by atoms with Crippen LogP contribution in [0.3, 0.4) is 0 Å². The molecule has 0 atom stereocenters. The molecule has 0 bridgehead atoms. The zero-order valence-corrected chi connectivity index (χ0v) is 18.9. The number of ether oxygens (including phenoxy) is 1. The molecule has 2 aromatic carbocycles. The Morgan fingerprint density at radius 2 is 1.81 bits per heavy atom. The summed E-state index contributed by atoms with van der Waals surface area (Å²) in [6, 6.07) is 13.7. The van der Waals surface area contributed by atoms with Crippen molar-refractivity contribution in [3.8, 4) is 17.0 Å². The first-order valence-electron chi connectivity index (χ1n) is 10.3. The summed E-state index contributed by atoms with van der Waals surface area (Å²) >= 11 is 3.55. The number of nitrogens with one attached hydrogen (secondary N) is 2. The van der Waals surface area contributed by atoms with Crippen molar-refractivity contribution < 1.29 is 17.9 Å². The molecule has 1 aliphatic carbocycles. The maximum Gasteiger partial charge on any atom is 0.573 e. The van der Waals surface area contributed by atoms with Crippen molar-refractivity contribution in [1.29, 1.82) is 0 Å². The Balaban J connectivity index is 1.69. The predicted molar refractivity (Wildman–Crippen MR) is 122 cm³/mol. The summed E-state index contributed by atoms with van der Waals surface area (Å²) in [6.07, 6.45) is -0.390. The molecule has 1 saturated carbocycles. The average molecular weight is 507 g/mol. The topological polar surface area (TPSA) is 59.1 Å². The van der Waals surface area contributed by atoms with Gasteiger partial charge in [-0.25, -0.2) is 4.98 Å². The maximum absolute atomic E-state index is 12.7. The molecule has 32 heavy (non-hydrogen) atoms. The number of rotatable bonds is 6. The number of hydrogen-bond acceptors (Lipinski definition) is 5. The molecule has 3 aromatic rings. The van der Waals surface area contributed by atoms with E-state index in [1.807, 2.05) is 25.1 Å². The molecule has 0 amide bonds. The summed E-state index contributed by atoms with van der Waals surface area (Å²) in [6.45, 7) is 2.00. The summed E-state index contributed by atoms with van der Waals surface area (Å²) in [4.78, 5) is 9.17. The van der Waals surface area contributed by atoms with E-state index in [0.717, 1.165) is 41.4 Å². The standard InChI is InChI=1S/C23H22BrF3N4O/c1-14-9-10-19(18(24)11-14)29-21-13-20(30-22(31-21)28-16-6-2-3-7-16)15-5-4-8-17(12-15)32-23(25,26)27/h4-5,8-13,16H,2-3,6-7H2,1H3,(H2,28,29,30,31). The van der Waals surface area contributed by atoms with E-state index in [4.69, 9.17) is 0 Å². The van der Waals surface area contributed by atoms with Crippen LogP contribution in [0.1, 0.15) is 31.2 Å². The molecule has 2 N–H and O–H groups in total. The van der Waals surface area contributed by atoms with Gasteiger partial charge in [-0.05, 0) is 65.5 Å². The molecule has 0 radical (unpaired) electrons. The van der Waals surface area contributed by atoms with Crippen molar-refractivity contribution in [2.24, 2.45) is 0 Å². The summed E-state index contributed by atoms with van der Waals surface area (Å²) < 4.78 is 43.0. The third kappa shape index (κ3) is 5.91. The number of benzene rings is 2. The Labute approximate surface area is 192 Å². The van der Waals surface area contributed by atoms with Crippen molar-refractivity contribution in [2.75, 3.05) is 10.6 Å². The minimum atomic E-state index is -4.76. The highest BCUT2D eigenvalue weighted by molar-refractivity contribution is 9.10. The number of anilines is 3. The van der Waals surface area contributed by atoms with E-state index in [1.165, 1.54) is 18.2 Å². The Morgan fingerprint density at radius 3 is 2.53 bits per heavy atom. The molecule has 0 aliphatic heterocycles. The van der Waals surface area contributed by atoms with E-state index >= 15 is 0 Å². The molecule has 168 valence electrons. The van der Waals surface area contributed by atoms with Crippen molar-refractivity contribution >= 4 is 33.4 Å². The van der Waals surface area contributed by atoms with Crippen LogP contribution in [-0.4, -0.2) is 22.4 Å². The second-order valence-corrected chi connectivity index (χ2v) is 8.63. The van der Waals surface area contributed by atoms with Crippen LogP contribution in [0.15, 0.2) is 53.0 Å². The number of aromatic nitrogens is 2. The zero-order valence-electron chi connectivity index (χ0n) is 17.3. The first kappa shape index (κ1) is 22.4. The van der Waals surface area contributed by atoms with E-state index in [1.54, 1.807) is 12.1 Å². The minimum absolute atomic E-state index is 0.282. The lowest BCUT2D eigenvalue weighted by Gasteiger charge is -2.16. The monoisotopic (exact) mass is 506 g/mol. The van der Waals surface area contributed by atoms with Gasteiger partial charge in [-0.1, -0.05) is 31.0 Å². The van der Waals surface area contributed by atoms with Crippen molar-refractivity contribution in [1.82, 2.24) is 9.97 Å².